The molecule has 0 heterocycles. The number of phenols is 1. The van der Waals surface area contributed by atoms with Crippen LogP contribution >= 0.6 is 0 Å². The number of methoxy groups -OCH3 is 1. The molecule has 5 nitrogen and oxygen atoms in total. The maximum atomic E-state index is 10.1. The first-order chi connectivity index (χ1) is 9.52. The molecule has 0 saturated carbocycles. The largest absolute Gasteiger partial charge is 0.507 e. The second kappa shape index (κ2) is 5.71. The van der Waals surface area contributed by atoms with Crippen LogP contribution in [0.15, 0.2) is 30.3 Å². The van der Waals surface area contributed by atoms with Crippen LogP contribution in [0.25, 0.3) is 11.1 Å². The Morgan fingerprint density at radius 2 is 1.75 bits per heavy atom. The smallest absolute Gasteiger partial charge is 0.125 e. The molecule has 7 N–H and O–H groups in total. The summed E-state index contributed by atoms with van der Waals surface area (Å²) in [6.07, 6.45) is 0.641. The highest BCUT2D eigenvalue weighted by Gasteiger charge is 2.13. The number of hydrogen-bond acceptors (Lipinski definition) is 5. The van der Waals surface area contributed by atoms with Crippen molar-refractivity contribution in [1.29, 1.82) is 0 Å². The molecule has 0 bridgehead atoms. The lowest BCUT2D eigenvalue weighted by Gasteiger charge is -2.15. The number of hydrogen-bond donors (Lipinski definition) is 4. The van der Waals surface area contributed by atoms with E-state index in [-0.39, 0.29) is 5.75 Å². The van der Waals surface area contributed by atoms with Gasteiger partial charge in [-0.1, -0.05) is 0 Å². The first-order valence-corrected chi connectivity index (χ1v) is 6.28. The Balaban J connectivity index is 2.59. The number of phenolic OH excluding ortho intramolecular Hbond substituents is 1. The second-order valence-corrected chi connectivity index (χ2v) is 4.66. The van der Waals surface area contributed by atoms with Crippen LogP contribution in [0.4, 0.5) is 17.1 Å². The number of nitrogen functional groups attached to an aromatic ring is 3. The molecule has 2 aromatic carbocycles. The molecule has 20 heavy (non-hydrogen) atoms. The van der Waals surface area contributed by atoms with Gasteiger partial charge >= 0.3 is 0 Å². The topological polar surface area (TPSA) is 108 Å². The minimum atomic E-state index is 0.105. The summed E-state index contributed by atoms with van der Waals surface area (Å²) in [5.41, 5.74) is 21.6. The van der Waals surface area contributed by atoms with E-state index in [1.807, 2.05) is 0 Å². The Kier molecular flexibility index (Phi) is 4.00. The molecule has 106 valence electrons. The summed E-state index contributed by atoms with van der Waals surface area (Å²) in [6, 6.07) is 8.51. The van der Waals surface area contributed by atoms with Gasteiger partial charge in [0.05, 0.1) is 6.61 Å². The van der Waals surface area contributed by atoms with Crippen molar-refractivity contribution in [3.05, 3.63) is 35.9 Å². The number of ether oxygens (including phenoxy) is 1. The Morgan fingerprint density at radius 1 is 1.00 bits per heavy atom. The fourth-order valence-corrected chi connectivity index (χ4v) is 2.22. The van der Waals surface area contributed by atoms with Gasteiger partial charge in [-0.15, -0.1) is 0 Å². The molecular formula is C15H19N3O2. The molecule has 0 aliphatic heterocycles. The molecule has 0 unspecified atom stereocenters. The van der Waals surface area contributed by atoms with Gasteiger partial charge in [0.15, 0.2) is 0 Å². The maximum absolute atomic E-state index is 10.1. The highest BCUT2D eigenvalue weighted by Crippen LogP contribution is 2.37. The summed E-state index contributed by atoms with van der Waals surface area (Å²) in [5.74, 6) is 0.105. The Labute approximate surface area is 118 Å². The lowest BCUT2D eigenvalue weighted by molar-refractivity contribution is 0.202. The van der Waals surface area contributed by atoms with E-state index in [9.17, 15) is 5.11 Å². The van der Waals surface area contributed by atoms with Crippen molar-refractivity contribution in [1.82, 2.24) is 0 Å². The summed E-state index contributed by atoms with van der Waals surface area (Å²) in [7, 11) is 1.63. The summed E-state index contributed by atoms with van der Waals surface area (Å²) in [6.45, 7) is 0.539. The van der Waals surface area contributed by atoms with Gasteiger partial charge in [-0.3, -0.25) is 0 Å². The van der Waals surface area contributed by atoms with Gasteiger partial charge in [0.1, 0.15) is 5.75 Å². The van der Waals surface area contributed by atoms with E-state index in [0.29, 0.717) is 35.7 Å². The highest BCUT2D eigenvalue weighted by atomic mass is 16.5. The van der Waals surface area contributed by atoms with Crippen LogP contribution in [0.1, 0.15) is 5.56 Å². The zero-order valence-corrected chi connectivity index (χ0v) is 11.4. The molecule has 0 atom stereocenters. The zero-order chi connectivity index (χ0) is 14.7. The summed E-state index contributed by atoms with van der Waals surface area (Å²) in [4.78, 5) is 0. The molecule has 0 amide bonds. The van der Waals surface area contributed by atoms with E-state index in [2.05, 4.69) is 0 Å². The predicted molar refractivity (Wildman–Crippen MR) is 82.4 cm³/mol. The standard InChI is InChI=1S/C15H19N3O2/c1-20-5-4-11-13(6-10(17)7-14(11)18)12-3-2-9(16)8-15(12)19/h2-3,6-8,19H,4-5,16-18H2,1H3. The number of anilines is 3. The molecule has 0 radical (unpaired) electrons. The van der Waals surface area contributed by atoms with Crippen molar-refractivity contribution < 1.29 is 9.84 Å². The Bertz CT molecular complexity index is 627. The molecule has 2 aromatic rings. The van der Waals surface area contributed by atoms with Crippen LogP contribution in [0.5, 0.6) is 5.75 Å². The van der Waals surface area contributed by atoms with Gasteiger partial charge in [-0.2, -0.15) is 0 Å². The third-order valence-corrected chi connectivity index (χ3v) is 3.17. The normalized spacial score (nSPS) is 10.7. The van der Waals surface area contributed by atoms with Crippen molar-refractivity contribution in [2.75, 3.05) is 30.9 Å². The average molecular weight is 273 g/mol. The summed E-state index contributed by atoms with van der Waals surface area (Å²) in [5, 5.41) is 10.1. The van der Waals surface area contributed by atoms with Crippen molar-refractivity contribution in [2.45, 2.75) is 6.42 Å². The first-order valence-electron chi connectivity index (χ1n) is 6.28. The van der Waals surface area contributed by atoms with Gasteiger partial charge in [-0.25, -0.2) is 0 Å². The van der Waals surface area contributed by atoms with Crippen LogP contribution in [0.3, 0.4) is 0 Å². The third kappa shape index (κ3) is 2.78. The van der Waals surface area contributed by atoms with Gasteiger partial charge < -0.3 is 27.0 Å². The molecule has 5 heteroatoms. The van der Waals surface area contributed by atoms with Crippen molar-refractivity contribution in [3.63, 3.8) is 0 Å². The van der Waals surface area contributed by atoms with E-state index >= 15 is 0 Å². The average Bonchev–Trinajstić information content (AvgIpc) is 2.37. The van der Waals surface area contributed by atoms with Crippen LogP contribution < -0.4 is 17.2 Å². The van der Waals surface area contributed by atoms with E-state index in [4.69, 9.17) is 21.9 Å². The molecule has 0 spiro atoms. The first kappa shape index (κ1) is 14.0. The molecule has 2 rings (SSSR count). The molecule has 0 saturated heterocycles. The zero-order valence-electron chi connectivity index (χ0n) is 11.4. The fourth-order valence-electron chi connectivity index (χ4n) is 2.22. The van der Waals surface area contributed by atoms with Crippen LogP contribution in [-0.2, 0) is 11.2 Å². The highest BCUT2D eigenvalue weighted by molar-refractivity contribution is 5.81. The fraction of sp³-hybridized carbons (Fsp3) is 0.200. The maximum Gasteiger partial charge on any atom is 0.125 e. The monoisotopic (exact) mass is 273 g/mol. The van der Waals surface area contributed by atoms with E-state index in [1.54, 1.807) is 31.4 Å². The van der Waals surface area contributed by atoms with Crippen LogP contribution in [0.2, 0.25) is 0 Å². The van der Waals surface area contributed by atoms with Gasteiger partial charge in [0.25, 0.3) is 0 Å². The van der Waals surface area contributed by atoms with Crippen molar-refractivity contribution >= 4 is 17.1 Å². The molecular weight excluding hydrogens is 254 g/mol. The van der Waals surface area contributed by atoms with Crippen molar-refractivity contribution in [3.8, 4) is 16.9 Å². The lowest BCUT2D eigenvalue weighted by atomic mass is 9.94. The van der Waals surface area contributed by atoms with E-state index in [0.717, 1.165) is 11.1 Å². The predicted octanol–water partition coefficient (Wildman–Crippen LogP) is 1.99. The Hall–Kier alpha value is -2.40. The lowest BCUT2D eigenvalue weighted by Crippen LogP contribution is -2.03. The molecule has 0 fully saturated rings. The van der Waals surface area contributed by atoms with Crippen LogP contribution in [-0.4, -0.2) is 18.8 Å². The Morgan fingerprint density at radius 3 is 2.40 bits per heavy atom. The SMILES string of the molecule is COCCc1c(N)cc(N)cc1-c1ccc(N)cc1O. The number of benzene rings is 2. The minimum absolute atomic E-state index is 0.105. The summed E-state index contributed by atoms with van der Waals surface area (Å²) >= 11 is 0. The van der Waals surface area contributed by atoms with Crippen LogP contribution in [0, 0.1) is 0 Å². The van der Waals surface area contributed by atoms with Gasteiger partial charge in [0.2, 0.25) is 0 Å². The number of aromatic hydroxyl groups is 1. The van der Waals surface area contributed by atoms with E-state index < -0.39 is 0 Å². The minimum Gasteiger partial charge on any atom is -0.507 e. The third-order valence-electron chi connectivity index (χ3n) is 3.17. The van der Waals surface area contributed by atoms with Crippen molar-refractivity contribution in [2.24, 2.45) is 0 Å². The molecule has 0 aromatic heterocycles. The van der Waals surface area contributed by atoms with Gasteiger partial charge in [-0.05, 0) is 41.8 Å². The second-order valence-electron chi connectivity index (χ2n) is 4.66. The summed E-state index contributed by atoms with van der Waals surface area (Å²) < 4.78 is 5.10. The van der Waals surface area contributed by atoms with E-state index in [1.165, 1.54) is 6.07 Å². The molecule has 0 aliphatic rings. The van der Waals surface area contributed by atoms with Gasteiger partial charge in [0, 0.05) is 35.8 Å². The quantitative estimate of drug-likeness (QED) is 0.637. The number of rotatable bonds is 4. The number of nitrogens with two attached hydrogens (primary N) is 3. The molecule has 0 aliphatic carbocycles.